The number of nitrogens with one attached hydrogen (secondary N) is 1. The molecule has 0 saturated heterocycles. The highest BCUT2D eigenvalue weighted by Gasteiger charge is 2.24. The van der Waals surface area contributed by atoms with Crippen LogP contribution in [0, 0.1) is 18.3 Å². The van der Waals surface area contributed by atoms with E-state index in [4.69, 9.17) is 12.2 Å². The highest BCUT2D eigenvalue weighted by Crippen LogP contribution is 2.23. The summed E-state index contributed by atoms with van der Waals surface area (Å²) in [7, 11) is 0. The number of primary amides is 1. The molecule has 0 aliphatic heterocycles. The summed E-state index contributed by atoms with van der Waals surface area (Å²) in [5.74, 6) is 2.56. The zero-order valence-corrected chi connectivity index (χ0v) is 8.62. The van der Waals surface area contributed by atoms with Gasteiger partial charge in [-0.05, 0) is 32.6 Å². The molecule has 0 radical (unpaired) electrons. The Hall–Kier alpha value is -1.01. The highest BCUT2D eigenvalue weighted by molar-refractivity contribution is 5.76. The summed E-state index contributed by atoms with van der Waals surface area (Å²) in [6.07, 6.45) is 9.06. The van der Waals surface area contributed by atoms with Crippen LogP contribution in [0.4, 0.5) is 0 Å². The lowest BCUT2D eigenvalue weighted by Gasteiger charge is -2.28. The summed E-state index contributed by atoms with van der Waals surface area (Å²) in [6.45, 7) is 1.97. The minimum Gasteiger partial charge on any atom is -0.369 e. The molecule has 0 aromatic heterocycles. The zero-order chi connectivity index (χ0) is 10.6. The van der Waals surface area contributed by atoms with Crippen LogP contribution in [0.1, 0.15) is 32.6 Å². The number of nitrogens with two attached hydrogens (primary N) is 1. The summed E-state index contributed by atoms with van der Waals surface area (Å²) in [4.78, 5) is 10.9. The fourth-order valence-corrected chi connectivity index (χ4v) is 1.95. The molecule has 1 saturated carbocycles. The third kappa shape index (κ3) is 3.04. The zero-order valence-electron chi connectivity index (χ0n) is 8.62. The molecule has 1 atom stereocenters. The van der Waals surface area contributed by atoms with Crippen molar-refractivity contribution in [2.75, 3.05) is 0 Å². The molecular weight excluding hydrogens is 176 g/mol. The summed E-state index contributed by atoms with van der Waals surface area (Å²) in [6, 6.07) is 0.571. The van der Waals surface area contributed by atoms with Gasteiger partial charge >= 0.3 is 0 Å². The Balaban J connectivity index is 2.29. The van der Waals surface area contributed by atoms with E-state index in [0.29, 0.717) is 6.04 Å². The third-order valence-corrected chi connectivity index (χ3v) is 2.87. The predicted octanol–water partition coefficient (Wildman–Crippen LogP) is 0.642. The molecule has 0 aromatic carbocycles. The van der Waals surface area contributed by atoms with E-state index in [1.165, 1.54) is 0 Å². The maximum atomic E-state index is 10.9. The third-order valence-electron chi connectivity index (χ3n) is 2.87. The predicted molar refractivity (Wildman–Crippen MR) is 56.4 cm³/mol. The van der Waals surface area contributed by atoms with Gasteiger partial charge in [-0.2, -0.15) is 0 Å². The summed E-state index contributed by atoms with van der Waals surface area (Å²) in [5.41, 5.74) is 5.25. The maximum Gasteiger partial charge on any atom is 0.220 e. The van der Waals surface area contributed by atoms with Gasteiger partial charge in [-0.1, -0.05) is 5.92 Å². The molecule has 3 heteroatoms. The molecule has 78 valence electrons. The normalized spacial score (nSPS) is 29.1. The van der Waals surface area contributed by atoms with Gasteiger partial charge in [0.1, 0.15) is 0 Å². The van der Waals surface area contributed by atoms with Gasteiger partial charge in [0.2, 0.25) is 5.91 Å². The summed E-state index contributed by atoms with van der Waals surface area (Å²) >= 11 is 0. The lowest BCUT2D eigenvalue weighted by Crippen LogP contribution is -2.40. The Kier molecular flexibility index (Phi) is 3.97. The molecule has 14 heavy (non-hydrogen) atoms. The van der Waals surface area contributed by atoms with Gasteiger partial charge in [-0.25, -0.2) is 0 Å². The average Bonchev–Trinajstić information content (AvgIpc) is 2.18. The number of rotatable bonds is 3. The van der Waals surface area contributed by atoms with Crippen LogP contribution in [0.15, 0.2) is 0 Å². The van der Waals surface area contributed by atoms with Gasteiger partial charge < -0.3 is 11.1 Å². The lowest BCUT2D eigenvalue weighted by molar-refractivity contribution is -0.122. The monoisotopic (exact) mass is 194 g/mol. The number of amides is 1. The van der Waals surface area contributed by atoms with Gasteiger partial charge in [0.05, 0.1) is 6.04 Å². The van der Waals surface area contributed by atoms with E-state index in [-0.39, 0.29) is 17.9 Å². The van der Waals surface area contributed by atoms with Crippen LogP contribution in [-0.4, -0.2) is 18.0 Å². The van der Waals surface area contributed by atoms with E-state index in [0.717, 1.165) is 25.7 Å². The Morgan fingerprint density at radius 3 is 2.50 bits per heavy atom. The van der Waals surface area contributed by atoms with E-state index >= 15 is 0 Å². The highest BCUT2D eigenvalue weighted by atomic mass is 16.1. The van der Waals surface area contributed by atoms with Crippen molar-refractivity contribution < 1.29 is 4.79 Å². The number of hydrogen-bond acceptors (Lipinski definition) is 2. The van der Waals surface area contributed by atoms with Gasteiger partial charge in [-0.15, -0.1) is 6.42 Å². The first-order valence-electron chi connectivity index (χ1n) is 5.15. The number of hydrogen-bond donors (Lipinski definition) is 2. The van der Waals surface area contributed by atoms with Gasteiger partial charge in [0.25, 0.3) is 0 Å². The maximum absolute atomic E-state index is 10.9. The topological polar surface area (TPSA) is 55.1 Å². The Morgan fingerprint density at radius 2 is 2.07 bits per heavy atom. The fraction of sp³-hybridized carbons (Fsp3) is 0.727. The van der Waals surface area contributed by atoms with Crippen molar-refractivity contribution in [1.29, 1.82) is 0 Å². The molecule has 0 bridgehead atoms. The van der Waals surface area contributed by atoms with Crippen LogP contribution in [0.2, 0.25) is 0 Å². The average molecular weight is 194 g/mol. The molecule has 1 amide bonds. The van der Waals surface area contributed by atoms with Crippen LogP contribution in [-0.2, 0) is 4.79 Å². The second-order valence-corrected chi connectivity index (χ2v) is 4.01. The first-order chi connectivity index (χ1) is 6.63. The molecule has 0 aromatic rings. The molecule has 1 unspecified atom stereocenters. The van der Waals surface area contributed by atoms with Crippen LogP contribution in [0.5, 0.6) is 0 Å². The standard InChI is InChI=1S/C11H18N2O/c1-3-8(2)13-10-6-4-9(5-7-10)11(12)14/h1,8-10,13H,4-7H2,2H3,(H2,12,14). The molecule has 3 N–H and O–H groups in total. The largest absolute Gasteiger partial charge is 0.369 e. The molecule has 1 fully saturated rings. The second kappa shape index (κ2) is 5.02. The van der Waals surface area contributed by atoms with Crippen LogP contribution < -0.4 is 11.1 Å². The molecular formula is C11H18N2O. The summed E-state index contributed by atoms with van der Waals surface area (Å²) in [5, 5.41) is 3.34. The van der Waals surface area contributed by atoms with Crippen LogP contribution in [0.25, 0.3) is 0 Å². The molecule has 3 nitrogen and oxygen atoms in total. The van der Waals surface area contributed by atoms with E-state index in [1.54, 1.807) is 0 Å². The van der Waals surface area contributed by atoms with Crippen molar-refractivity contribution in [2.45, 2.75) is 44.7 Å². The van der Waals surface area contributed by atoms with Crippen molar-refractivity contribution in [3.63, 3.8) is 0 Å². The lowest BCUT2D eigenvalue weighted by atomic mass is 9.85. The smallest absolute Gasteiger partial charge is 0.220 e. The number of terminal acetylenes is 1. The minimum absolute atomic E-state index is 0.0780. The minimum atomic E-state index is -0.159. The molecule has 1 aliphatic rings. The van der Waals surface area contributed by atoms with Crippen LogP contribution in [0.3, 0.4) is 0 Å². The SMILES string of the molecule is C#CC(C)NC1CCC(C(N)=O)CC1. The summed E-state index contributed by atoms with van der Waals surface area (Å²) < 4.78 is 0. The van der Waals surface area contributed by atoms with Gasteiger partial charge in [0, 0.05) is 12.0 Å². The van der Waals surface area contributed by atoms with Crippen LogP contribution >= 0.6 is 0 Å². The van der Waals surface area contributed by atoms with E-state index in [1.807, 2.05) is 6.92 Å². The fourth-order valence-electron chi connectivity index (χ4n) is 1.95. The van der Waals surface area contributed by atoms with Crippen molar-refractivity contribution in [2.24, 2.45) is 11.7 Å². The number of carbonyl (C=O) groups is 1. The van der Waals surface area contributed by atoms with E-state index in [9.17, 15) is 4.79 Å². The Bertz CT molecular complexity index is 236. The first kappa shape index (κ1) is 11.1. The van der Waals surface area contributed by atoms with Crippen molar-refractivity contribution in [3.8, 4) is 12.3 Å². The van der Waals surface area contributed by atoms with Crippen molar-refractivity contribution in [1.82, 2.24) is 5.32 Å². The molecule has 0 heterocycles. The molecule has 1 aliphatic carbocycles. The second-order valence-electron chi connectivity index (χ2n) is 4.01. The Labute approximate surface area is 85.4 Å². The van der Waals surface area contributed by atoms with E-state index < -0.39 is 0 Å². The van der Waals surface area contributed by atoms with Gasteiger partial charge in [0.15, 0.2) is 0 Å². The first-order valence-corrected chi connectivity index (χ1v) is 5.15. The quantitative estimate of drug-likeness (QED) is 0.648. The van der Waals surface area contributed by atoms with Crippen molar-refractivity contribution >= 4 is 5.91 Å². The van der Waals surface area contributed by atoms with Gasteiger partial charge in [-0.3, -0.25) is 4.79 Å². The van der Waals surface area contributed by atoms with Crippen molar-refractivity contribution in [3.05, 3.63) is 0 Å². The molecule has 0 spiro atoms. The Morgan fingerprint density at radius 1 is 1.50 bits per heavy atom. The molecule has 1 rings (SSSR count). The number of carbonyl (C=O) groups excluding carboxylic acids is 1. The van der Waals surface area contributed by atoms with E-state index in [2.05, 4.69) is 11.2 Å².